The Kier molecular flexibility index (Phi) is 7.58. The summed E-state index contributed by atoms with van der Waals surface area (Å²) in [5, 5.41) is 13.8. The number of rotatable bonds is 5. The van der Waals surface area contributed by atoms with Crippen molar-refractivity contribution >= 4 is 17.6 Å². The molecule has 0 aromatic heterocycles. The largest absolute Gasteiger partial charge is 0.480 e. The number of hydrogen-bond acceptors (Lipinski definition) is 3. The average molecular weight is 517 g/mol. The van der Waals surface area contributed by atoms with E-state index < -0.39 is 47.2 Å². The highest BCUT2D eigenvalue weighted by atomic mass is 19.4. The molecule has 0 bridgehead atoms. The molecule has 37 heavy (non-hydrogen) atoms. The van der Waals surface area contributed by atoms with Crippen LogP contribution in [0.4, 0.5) is 18.9 Å². The van der Waals surface area contributed by atoms with Gasteiger partial charge in [0.15, 0.2) is 0 Å². The zero-order valence-electron chi connectivity index (χ0n) is 21.5. The Hall–Kier alpha value is -3.03. The first-order valence-electron chi connectivity index (χ1n) is 12.9. The Labute approximate surface area is 216 Å². The lowest BCUT2D eigenvalue weighted by molar-refractivity contribution is -0.154. The third-order valence-electron chi connectivity index (χ3n) is 7.79. The van der Waals surface area contributed by atoms with Gasteiger partial charge in [-0.15, -0.1) is 0 Å². The van der Waals surface area contributed by atoms with Gasteiger partial charge >= 0.3 is 12.1 Å². The van der Waals surface area contributed by atoms with E-state index in [1.165, 1.54) is 11.0 Å². The third-order valence-corrected chi connectivity index (χ3v) is 7.79. The van der Waals surface area contributed by atoms with Crippen molar-refractivity contribution in [2.75, 3.05) is 5.32 Å². The van der Waals surface area contributed by atoms with Crippen LogP contribution >= 0.6 is 0 Å². The lowest BCUT2D eigenvalue weighted by Gasteiger charge is -2.36. The number of nitrogens with zero attached hydrogens (tertiary/aromatic N) is 1. The highest BCUT2D eigenvalue weighted by Gasteiger charge is 2.58. The van der Waals surface area contributed by atoms with E-state index in [0.29, 0.717) is 0 Å². The van der Waals surface area contributed by atoms with Crippen LogP contribution in [0, 0.1) is 17.3 Å². The Balaban J connectivity index is 1.86. The summed E-state index contributed by atoms with van der Waals surface area (Å²) in [4.78, 5) is 28.4. The summed E-state index contributed by atoms with van der Waals surface area (Å²) >= 11 is 0. The summed E-state index contributed by atoms with van der Waals surface area (Å²) in [7, 11) is 0. The van der Waals surface area contributed by atoms with Gasteiger partial charge in [-0.2, -0.15) is 13.2 Å². The zero-order valence-corrected chi connectivity index (χ0v) is 21.5. The second-order valence-corrected chi connectivity index (χ2v) is 11.4. The summed E-state index contributed by atoms with van der Waals surface area (Å²) < 4.78 is 40.4. The zero-order chi connectivity index (χ0) is 27.0. The molecule has 200 valence electrons. The van der Waals surface area contributed by atoms with Gasteiger partial charge in [0.2, 0.25) is 5.91 Å². The second-order valence-electron chi connectivity index (χ2n) is 11.4. The Morgan fingerprint density at radius 1 is 0.946 bits per heavy atom. The number of nitrogens with one attached hydrogen (secondary N) is 1. The molecule has 5 nitrogen and oxygen atoms in total. The monoisotopic (exact) mass is 516 g/mol. The number of likely N-dealkylation sites (tertiary alicyclic amines) is 1. The van der Waals surface area contributed by atoms with Crippen LogP contribution in [0.2, 0.25) is 0 Å². The fourth-order valence-corrected chi connectivity index (χ4v) is 6.20. The molecular weight excluding hydrogens is 481 g/mol. The van der Waals surface area contributed by atoms with Gasteiger partial charge in [0.25, 0.3) is 0 Å². The predicted octanol–water partition coefficient (Wildman–Crippen LogP) is 6.77. The van der Waals surface area contributed by atoms with Gasteiger partial charge in [-0.3, -0.25) is 4.79 Å². The maximum Gasteiger partial charge on any atom is 0.416 e. The maximum absolute atomic E-state index is 14.0. The summed E-state index contributed by atoms with van der Waals surface area (Å²) in [5.41, 5.74) is -0.360. The SMILES string of the molecule is CC(C)(C)[C@H]1[C@H](Nc2cccc(C(F)(F)F)c2)[C@H](c2ccccc2)N(C(=O)C2CCCCC2)[C@@H]1C(=O)O. The van der Waals surface area contributed by atoms with E-state index >= 15 is 0 Å². The highest BCUT2D eigenvalue weighted by molar-refractivity contribution is 5.87. The maximum atomic E-state index is 14.0. The standard InChI is InChI=1S/C29H35F3N2O3/c1-28(2,3)22-23(33-21-16-10-15-20(17-21)29(30,31)32)24(18-11-6-4-7-12-18)34(25(22)27(36)37)26(35)19-13-8-5-9-14-19/h4,6-7,10-12,15-17,19,22-25,33H,5,8-9,13-14H2,1-3H3,(H,36,37)/t22-,23-,24-,25-/m0/s1. The molecular formula is C29H35F3N2O3. The number of carboxylic acids is 1. The fourth-order valence-electron chi connectivity index (χ4n) is 6.20. The molecule has 1 aliphatic heterocycles. The fraction of sp³-hybridized carbons (Fsp3) is 0.517. The quantitative estimate of drug-likeness (QED) is 0.460. The van der Waals surface area contributed by atoms with Crippen molar-refractivity contribution in [1.82, 2.24) is 4.90 Å². The Bertz CT molecular complexity index is 1110. The first-order valence-corrected chi connectivity index (χ1v) is 12.9. The first-order chi connectivity index (χ1) is 17.4. The molecule has 0 spiro atoms. The van der Waals surface area contributed by atoms with E-state index in [1.807, 2.05) is 51.1 Å². The van der Waals surface area contributed by atoms with Crippen LogP contribution in [0.5, 0.6) is 0 Å². The lowest BCUT2D eigenvalue weighted by atomic mass is 9.72. The van der Waals surface area contributed by atoms with Crippen molar-refractivity contribution in [3.05, 3.63) is 65.7 Å². The summed E-state index contributed by atoms with van der Waals surface area (Å²) in [6.07, 6.45) is -0.176. The number of alkyl halides is 3. The van der Waals surface area contributed by atoms with Crippen LogP contribution in [0.25, 0.3) is 0 Å². The van der Waals surface area contributed by atoms with Gasteiger partial charge in [-0.05, 0) is 42.0 Å². The molecule has 2 fully saturated rings. The number of carboxylic acid groups (broad SMARTS) is 1. The van der Waals surface area contributed by atoms with Gasteiger partial charge in [0.1, 0.15) is 6.04 Å². The summed E-state index contributed by atoms with van der Waals surface area (Å²) in [6, 6.07) is 11.8. The molecule has 1 heterocycles. The van der Waals surface area contributed by atoms with Crippen LogP contribution in [-0.4, -0.2) is 34.0 Å². The number of amides is 1. The number of benzene rings is 2. The van der Waals surface area contributed by atoms with Crippen LogP contribution in [-0.2, 0) is 15.8 Å². The molecule has 1 saturated carbocycles. The van der Waals surface area contributed by atoms with Crippen molar-refractivity contribution in [2.24, 2.45) is 17.3 Å². The van der Waals surface area contributed by atoms with Crippen molar-refractivity contribution in [3.63, 3.8) is 0 Å². The molecule has 0 radical (unpaired) electrons. The molecule has 4 rings (SSSR count). The number of halogens is 3. The van der Waals surface area contributed by atoms with Gasteiger partial charge in [0, 0.05) is 17.5 Å². The molecule has 2 aromatic carbocycles. The smallest absolute Gasteiger partial charge is 0.416 e. The normalized spacial score (nSPS) is 25.2. The van der Waals surface area contributed by atoms with E-state index in [9.17, 15) is 27.9 Å². The molecule has 0 unspecified atom stereocenters. The van der Waals surface area contributed by atoms with E-state index in [1.54, 1.807) is 6.07 Å². The van der Waals surface area contributed by atoms with Crippen molar-refractivity contribution in [1.29, 1.82) is 0 Å². The van der Waals surface area contributed by atoms with Crippen LogP contribution in [0.1, 0.15) is 70.0 Å². The molecule has 2 aliphatic rings. The number of carbonyl (C=O) groups excluding carboxylic acids is 1. The van der Waals surface area contributed by atoms with Crippen LogP contribution < -0.4 is 5.32 Å². The van der Waals surface area contributed by atoms with Crippen LogP contribution in [0.15, 0.2) is 54.6 Å². The van der Waals surface area contributed by atoms with E-state index in [2.05, 4.69) is 5.32 Å². The van der Waals surface area contributed by atoms with E-state index in [4.69, 9.17) is 0 Å². The minimum Gasteiger partial charge on any atom is -0.480 e. The Morgan fingerprint density at radius 2 is 1.59 bits per heavy atom. The van der Waals surface area contributed by atoms with E-state index in [-0.39, 0.29) is 17.5 Å². The lowest BCUT2D eigenvalue weighted by Crippen LogP contribution is -2.49. The van der Waals surface area contributed by atoms with Crippen molar-refractivity contribution in [3.8, 4) is 0 Å². The van der Waals surface area contributed by atoms with Gasteiger partial charge in [-0.1, -0.05) is 76.4 Å². The predicted molar refractivity (Wildman–Crippen MR) is 136 cm³/mol. The van der Waals surface area contributed by atoms with Crippen molar-refractivity contribution < 1.29 is 27.9 Å². The summed E-state index contributed by atoms with van der Waals surface area (Å²) in [5.74, 6) is -2.10. The van der Waals surface area contributed by atoms with Crippen LogP contribution in [0.3, 0.4) is 0 Å². The minimum absolute atomic E-state index is 0.177. The van der Waals surface area contributed by atoms with Gasteiger partial charge in [-0.25, -0.2) is 4.79 Å². The third kappa shape index (κ3) is 5.63. The summed E-state index contributed by atoms with van der Waals surface area (Å²) in [6.45, 7) is 5.77. The number of anilines is 1. The minimum atomic E-state index is -4.51. The highest BCUT2D eigenvalue weighted by Crippen LogP contribution is 2.50. The average Bonchev–Trinajstić information content (AvgIpc) is 3.20. The molecule has 1 aliphatic carbocycles. The van der Waals surface area contributed by atoms with Crippen molar-refractivity contribution in [2.45, 2.75) is 77.2 Å². The molecule has 4 atom stereocenters. The number of hydrogen-bond donors (Lipinski definition) is 2. The van der Waals surface area contributed by atoms with Gasteiger partial charge < -0.3 is 15.3 Å². The molecule has 1 amide bonds. The topological polar surface area (TPSA) is 69.6 Å². The van der Waals surface area contributed by atoms with E-state index in [0.717, 1.165) is 49.8 Å². The number of carbonyl (C=O) groups is 2. The Morgan fingerprint density at radius 3 is 2.16 bits per heavy atom. The number of aliphatic carboxylic acids is 1. The van der Waals surface area contributed by atoms with Gasteiger partial charge in [0.05, 0.1) is 17.6 Å². The molecule has 8 heteroatoms. The first kappa shape index (κ1) is 27.0. The second kappa shape index (κ2) is 10.4. The molecule has 2 aromatic rings. The molecule has 2 N–H and O–H groups in total. The molecule has 1 saturated heterocycles.